The molecular formula is C11H22N2O. The molecule has 0 aromatic heterocycles. The number of hydrogen-bond donors (Lipinski definition) is 2. The molecule has 0 spiro atoms. The van der Waals surface area contributed by atoms with Gasteiger partial charge in [0.1, 0.15) is 0 Å². The molecule has 0 heterocycles. The summed E-state index contributed by atoms with van der Waals surface area (Å²) in [7, 11) is 0. The highest BCUT2D eigenvalue weighted by atomic mass is 16.1. The highest BCUT2D eigenvalue weighted by Crippen LogP contribution is 1.90. The third-order valence-corrected chi connectivity index (χ3v) is 1.93. The number of unbranched alkanes of at least 4 members (excludes halogenated alkanes) is 2. The van der Waals surface area contributed by atoms with Crippen molar-refractivity contribution in [3.8, 4) is 0 Å². The maximum atomic E-state index is 11.1. The first-order valence-electron chi connectivity index (χ1n) is 5.39. The fourth-order valence-electron chi connectivity index (χ4n) is 1.10. The number of amides is 1. The van der Waals surface area contributed by atoms with E-state index >= 15 is 0 Å². The van der Waals surface area contributed by atoms with Gasteiger partial charge in [-0.1, -0.05) is 25.8 Å². The fourth-order valence-corrected chi connectivity index (χ4v) is 1.10. The van der Waals surface area contributed by atoms with E-state index in [0.29, 0.717) is 13.0 Å². The average molecular weight is 198 g/mol. The summed E-state index contributed by atoms with van der Waals surface area (Å²) < 4.78 is 0. The molecule has 0 saturated heterocycles. The second kappa shape index (κ2) is 10.3. The van der Waals surface area contributed by atoms with E-state index in [-0.39, 0.29) is 5.91 Å². The predicted octanol–water partition coefficient (Wildman–Crippen LogP) is 1.46. The van der Waals surface area contributed by atoms with Crippen LogP contribution in [0.1, 0.15) is 32.6 Å². The van der Waals surface area contributed by atoms with E-state index in [0.717, 1.165) is 13.1 Å². The Hall–Kier alpha value is -0.830. The molecule has 0 bridgehead atoms. The van der Waals surface area contributed by atoms with Crippen molar-refractivity contribution in [2.24, 2.45) is 0 Å². The molecule has 0 unspecified atom stereocenters. The maximum absolute atomic E-state index is 11.1. The molecule has 0 aromatic rings. The lowest BCUT2D eigenvalue weighted by Gasteiger charge is -2.04. The molecule has 0 aromatic carbocycles. The summed E-state index contributed by atoms with van der Waals surface area (Å²) in [5, 5.41) is 5.98. The predicted molar refractivity (Wildman–Crippen MR) is 60.2 cm³/mol. The van der Waals surface area contributed by atoms with Gasteiger partial charge >= 0.3 is 0 Å². The normalized spacial score (nSPS) is 9.79. The van der Waals surface area contributed by atoms with Gasteiger partial charge in [0.2, 0.25) is 5.91 Å². The van der Waals surface area contributed by atoms with E-state index in [1.54, 1.807) is 6.08 Å². The average Bonchev–Trinajstić information content (AvgIpc) is 2.20. The quantitative estimate of drug-likeness (QED) is 0.435. The molecule has 0 rings (SSSR count). The number of hydrogen-bond acceptors (Lipinski definition) is 2. The van der Waals surface area contributed by atoms with Gasteiger partial charge in [-0.2, -0.15) is 0 Å². The molecule has 0 saturated carbocycles. The van der Waals surface area contributed by atoms with E-state index < -0.39 is 0 Å². The van der Waals surface area contributed by atoms with Crippen molar-refractivity contribution in [1.82, 2.24) is 10.6 Å². The van der Waals surface area contributed by atoms with Crippen molar-refractivity contribution in [3.63, 3.8) is 0 Å². The lowest BCUT2D eigenvalue weighted by Crippen LogP contribution is -2.28. The molecule has 0 aliphatic rings. The Balaban J connectivity index is 3.10. The molecule has 1 amide bonds. The maximum Gasteiger partial charge on any atom is 0.221 e. The van der Waals surface area contributed by atoms with Crippen molar-refractivity contribution in [2.45, 2.75) is 32.6 Å². The van der Waals surface area contributed by atoms with E-state index in [1.165, 1.54) is 19.3 Å². The number of carbonyl (C=O) groups is 1. The van der Waals surface area contributed by atoms with Gasteiger partial charge in [0.25, 0.3) is 0 Å². The molecule has 0 radical (unpaired) electrons. The fraction of sp³-hybridized carbons (Fsp3) is 0.727. The van der Waals surface area contributed by atoms with Crippen LogP contribution in [0.15, 0.2) is 12.7 Å². The van der Waals surface area contributed by atoms with Gasteiger partial charge in [0.15, 0.2) is 0 Å². The van der Waals surface area contributed by atoms with Crippen LogP contribution in [0.5, 0.6) is 0 Å². The van der Waals surface area contributed by atoms with Crippen molar-refractivity contribution in [3.05, 3.63) is 12.7 Å². The lowest BCUT2D eigenvalue weighted by molar-refractivity contribution is -0.120. The summed E-state index contributed by atoms with van der Waals surface area (Å²) in [6.45, 7) is 8.07. The second-order valence-electron chi connectivity index (χ2n) is 3.30. The number of carbonyl (C=O) groups excluding carboxylic acids is 1. The van der Waals surface area contributed by atoms with Crippen LogP contribution >= 0.6 is 0 Å². The zero-order valence-corrected chi connectivity index (χ0v) is 9.14. The van der Waals surface area contributed by atoms with Crippen LogP contribution in [-0.2, 0) is 4.79 Å². The van der Waals surface area contributed by atoms with Crippen LogP contribution in [0.3, 0.4) is 0 Å². The van der Waals surface area contributed by atoms with Crippen molar-refractivity contribution < 1.29 is 4.79 Å². The molecule has 82 valence electrons. The summed E-state index contributed by atoms with van der Waals surface area (Å²) >= 11 is 0. The summed E-state index contributed by atoms with van der Waals surface area (Å²) in [6.07, 6.45) is 5.94. The summed E-state index contributed by atoms with van der Waals surface area (Å²) in [6, 6.07) is 0. The summed E-state index contributed by atoms with van der Waals surface area (Å²) in [5.41, 5.74) is 0. The highest BCUT2D eigenvalue weighted by Gasteiger charge is 1.97. The first-order chi connectivity index (χ1) is 6.81. The minimum atomic E-state index is 0.0906. The van der Waals surface area contributed by atoms with Gasteiger partial charge in [-0.25, -0.2) is 0 Å². The van der Waals surface area contributed by atoms with Gasteiger partial charge in [-0.3, -0.25) is 4.79 Å². The number of nitrogens with one attached hydrogen (secondary N) is 2. The minimum absolute atomic E-state index is 0.0906. The molecule has 3 heteroatoms. The molecule has 0 aliphatic heterocycles. The lowest BCUT2D eigenvalue weighted by atomic mass is 10.2. The Labute approximate surface area is 87.0 Å². The summed E-state index contributed by atoms with van der Waals surface area (Å²) in [4.78, 5) is 11.1. The zero-order chi connectivity index (χ0) is 10.6. The Kier molecular flexibility index (Phi) is 9.64. The van der Waals surface area contributed by atoms with E-state index in [1.807, 2.05) is 0 Å². The van der Waals surface area contributed by atoms with Gasteiger partial charge in [-0.05, 0) is 13.0 Å². The molecule has 0 atom stereocenters. The van der Waals surface area contributed by atoms with Gasteiger partial charge in [0.05, 0.1) is 0 Å². The van der Waals surface area contributed by atoms with Crippen LogP contribution in [0.25, 0.3) is 0 Å². The SMILES string of the molecule is C=CCNC(=O)CCNCCCCC. The van der Waals surface area contributed by atoms with E-state index in [9.17, 15) is 4.79 Å². The molecule has 3 nitrogen and oxygen atoms in total. The third kappa shape index (κ3) is 9.26. The van der Waals surface area contributed by atoms with Gasteiger partial charge < -0.3 is 10.6 Å². The van der Waals surface area contributed by atoms with Crippen LogP contribution < -0.4 is 10.6 Å². The highest BCUT2D eigenvalue weighted by molar-refractivity contribution is 5.76. The largest absolute Gasteiger partial charge is 0.353 e. The Morgan fingerprint density at radius 2 is 2.14 bits per heavy atom. The standard InChI is InChI=1S/C11H22N2O/c1-3-5-6-9-12-10-7-11(14)13-8-4-2/h4,12H,2-3,5-10H2,1H3,(H,13,14). The first-order valence-corrected chi connectivity index (χ1v) is 5.39. The second-order valence-corrected chi connectivity index (χ2v) is 3.30. The number of rotatable bonds is 9. The van der Waals surface area contributed by atoms with Crippen molar-refractivity contribution >= 4 is 5.91 Å². The smallest absolute Gasteiger partial charge is 0.221 e. The van der Waals surface area contributed by atoms with Crippen molar-refractivity contribution in [2.75, 3.05) is 19.6 Å². The van der Waals surface area contributed by atoms with Gasteiger partial charge in [0, 0.05) is 19.5 Å². The molecule has 2 N–H and O–H groups in total. The monoisotopic (exact) mass is 198 g/mol. The molecule has 14 heavy (non-hydrogen) atoms. The van der Waals surface area contributed by atoms with Crippen LogP contribution in [0.4, 0.5) is 0 Å². The summed E-state index contributed by atoms with van der Waals surface area (Å²) in [5.74, 6) is 0.0906. The van der Waals surface area contributed by atoms with Gasteiger partial charge in [-0.15, -0.1) is 6.58 Å². The Morgan fingerprint density at radius 1 is 1.36 bits per heavy atom. The topological polar surface area (TPSA) is 41.1 Å². The first kappa shape index (κ1) is 13.2. The van der Waals surface area contributed by atoms with Crippen LogP contribution in [-0.4, -0.2) is 25.5 Å². The zero-order valence-electron chi connectivity index (χ0n) is 9.14. The van der Waals surface area contributed by atoms with Crippen LogP contribution in [0.2, 0.25) is 0 Å². The molecular weight excluding hydrogens is 176 g/mol. The molecule has 0 fully saturated rings. The van der Waals surface area contributed by atoms with E-state index in [2.05, 4.69) is 24.1 Å². The van der Waals surface area contributed by atoms with Crippen LogP contribution in [0, 0.1) is 0 Å². The van der Waals surface area contributed by atoms with E-state index in [4.69, 9.17) is 0 Å². The van der Waals surface area contributed by atoms with Crippen molar-refractivity contribution in [1.29, 1.82) is 0 Å². The minimum Gasteiger partial charge on any atom is -0.353 e. The Bertz CT molecular complexity index is 157. The third-order valence-electron chi connectivity index (χ3n) is 1.93. The molecule has 0 aliphatic carbocycles. The Morgan fingerprint density at radius 3 is 2.79 bits per heavy atom.